The number of β-amino-alcohol motifs (C(OH)–C–C–N with tert-alkyl or cyclic N) is 1. The number of benzene rings is 1. The van der Waals surface area contributed by atoms with Gasteiger partial charge in [0.25, 0.3) is 0 Å². The standard InChI is InChI=1S/C14H16N2O2S/c17-11-6-7-16(8-11)14(18)12-9-19-13(15-12)10-4-2-1-3-5-10/h1-5,11-12,17H,6-9H2/t11-,12?/m1/s1. The third-order valence-corrected chi connectivity index (χ3v) is 4.53. The topological polar surface area (TPSA) is 52.9 Å². The van der Waals surface area contributed by atoms with Gasteiger partial charge in [-0.1, -0.05) is 30.3 Å². The minimum absolute atomic E-state index is 0.0509. The molecule has 1 fully saturated rings. The first-order valence-electron chi connectivity index (χ1n) is 6.47. The first-order valence-corrected chi connectivity index (χ1v) is 7.45. The van der Waals surface area contributed by atoms with Gasteiger partial charge in [-0.15, -0.1) is 11.8 Å². The molecule has 4 nitrogen and oxygen atoms in total. The maximum atomic E-state index is 12.3. The first-order chi connectivity index (χ1) is 9.24. The third kappa shape index (κ3) is 2.67. The maximum absolute atomic E-state index is 12.3. The Balaban J connectivity index is 1.71. The number of nitrogens with zero attached hydrogens (tertiary/aromatic N) is 2. The molecule has 1 unspecified atom stereocenters. The second-order valence-corrected chi connectivity index (χ2v) is 5.86. The average molecular weight is 276 g/mol. The zero-order chi connectivity index (χ0) is 13.2. The van der Waals surface area contributed by atoms with Crippen LogP contribution >= 0.6 is 11.8 Å². The van der Waals surface area contributed by atoms with Crippen molar-refractivity contribution in [1.29, 1.82) is 0 Å². The number of aliphatic hydroxyl groups excluding tert-OH is 1. The van der Waals surface area contributed by atoms with Crippen molar-refractivity contribution < 1.29 is 9.90 Å². The van der Waals surface area contributed by atoms with Gasteiger partial charge in [0.05, 0.1) is 11.1 Å². The Bertz CT molecular complexity index is 503. The van der Waals surface area contributed by atoms with E-state index in [9.17, 15) is 9.90 Å². The average Bonchev–Trinajstić information content (AvgIpc) is 3.08. The summed E-state index contributed by atoms with van der Waals surface area (Å²) in [5, 5.41) is 10.4. The molecule has 1 N–H and O–H groups in total. The van der Waals surface area contributed by atoms with Crippen LogP contribution in [0, 0.1) is 0 Å². The van der Waals surface area contributed by atoms with Gasteiger partial charge in [-0.3, -0.25) is 9.79 Å². The SMILES string of the molecule is O=C(C1CSC(c2ccccc2)=N1)N1CC[C@@H](O)C1. The molecule has 0 saturated carbocycles. The van der Waals surface area contributed by atoms with E-state index in [2.05, 4.69) is 4.99 Å². The quantitative estimate of drug-likeness (QED) is 0.881. The molecular formula is C14H16N2O2S. The van der Waals surface area contributed by atoms with Crippen molar-refractivity contribution >= 4 is 22.7 Å². The summed E-state index contributed by atoms with van der Waals surface area (Å²) in [6.45, 7) is 1.10. The van der Waals surface area contributed by atoms with Crippen LogP contribution in [0.1, 0.15) is 12.0 Å². The minimum Gasteiger partial charge on any atom is -0.391 e. The number of hydrogen-bond acceptors (Lipinski definition) is 4. The van der Waals surface area contributed by atoms with Crippen LogP contribution in [0.2, 0.25) is 0 Å². The van der Waals surface area contributed by atoms with Crippen molar-refractivity contribution in [3.8, 4) is 0 Å². The predicted octanol–water partition coefficient (Wildman–Crippen LogP) is 1.14. The van der Waals surface area contributed by atoms with E-state index in [1.54, 1.807) is 16.7 Å². The molecule has 1 saturated heterocycles. The van der Waals surface area contributed by atoms with E-state index >= 15 is 0 Å². The lowest BCUT2D eigenvalue weighted by molar-refractivity contribution is -0.131. The molecule has 3 rings (SSSR count). The fourth-order valence-corrected chi connectivity index (χ4v) is 3.43. The number of aliphatic imine (C=N–C) groups is 1. The van der Waals surface area contributed by atoms with Crippen LogP contribution in [0.25, 0.3) is 0 Å². The molecule has 1 aromatic carbocycles. The Morgan fingerprint density at radius 2 is 2.16 bits per heavy atom. The van der Waals surface area contributed by atoms with Gasteiger partial charge in [-0.2, -0.15) is 0 Å². The van der Waals surface area contributed by atoms with Crippen LogP contribution in [-0.4, -0.2) is 51.9 Å². The minimum atomic E-state index is -0.365. The molecule has 19 heavy (non-hydrogen) atoms. The number of thioether (sulfide) groups is 1. The number of amides is 1. The van der Waals surface area contributed by atoms with Gasteiger partial charge in [0, 0.05) is 24.4 Å². The molecule has 2 aliphatic heterocycles. The highest BCUT2D eigenvalue weighted by atomic mass is 32.2. The molecule has 0 radical (unpaired) electrons. The van der Waals surface area contributed by atoms with Crippen LogP contribution in [0.3, 0.4) is 0 Å². The molecule has 2 atom stereocenters. The second kappa shape index (κ2) is 5.35. The smallest absolute Gasteiger partial charge is 0.248 e. The summed E-state index contributed by atoms with van der Waals surface area (Å²) in [4.78, 5) is 18.5. The highest BCUT2D eigenvalue weighted by Crippen LogP contribution is 2.25. The summed E-state index contributed by atoms with van der Waals surface area (Å²) >= 11 is 1.63. The first kappa shape index (κ1) is 12.7. The molecule has 100 valence electrons. The number of rotatable bonds is 2. The van der Waals surface area contributed by atoms with Crippen LogP contribution < -0.4 is 0 Å². The van der Waals surface area contributed by atoms with Gasteiger partial charge < -0.3 is 10.0 Å². The van der Waals surface area contributed by atoms with Crippen LogP contribution in [-0.2, 0) is 4.79 Å². The summed E-state index contributed by atoms with van der Waals surface area (Å²) in [5.41, 5.74) is 1.07. The highest BCUT2D eigenvalue weighted by Gasteiger charge is 2.32. The van der Waals surface area contributed by atoms with E-state index in [1.807, 2.05) is 30.3 Å². The van der Waals surface area contributed by atoms with Crippen LogP contribution in [0.5, 0.6) is 0 Å². The van der Waals surface area contributed by atoms with Crippen molar-refractivity contribution in [3.05, 3.63) is 35.9 Å². The van der Waals surface area contributed by atoms with E-state index in [0.717, 1.165) is 10.6 Å². The van der Waals surface area contributed by atoms with Gasteiger partial charge in [0.2, 0.25) is 5.91 Å². The molecule has 0 bridgehead atoms. The van der Waals surface area contributed by atoms with Gasteiger partial charge in [-0.25, -0.2) is 0 Å². The molecule has 0 aliphatic carbocycles. The van der Waals surface area contributed by atoms with Crippen LogP contribution in [0.15, 0.2) is 35.3 Å². The summed E-state index contributed by atoms with van der Waals surface area (Å²) in [6, 6.07) is 9.66. The lowest BCUT2D eigenvalue weighted by atomic mass is 10.2. The Labute approximate surface area is 116 Å². The summed E-state index contributed by atoms with van der Waals surface area (Å²) in [7, 11) is 0. The Hall–Kier alpha value is -1.33. The Morgan fingerprint density at radius 1 is 1.37 bits per heavy atom. The fourth-order valence-electron chi connectivity index (χ4n) is 2.39. The largest absolute Gasteiger partial charge is 0.391 e. The molecule has 2 aliphatic rings. The number of likely N-dealkylation sites (tertiary alicyclic amines) is 1. The molecule has 0 aromatic heterocycles. The second-order valence-electron chi connectivity index (χ2n) is 4.85. The Kier molecular flexibility index (Phi) is 3.57. The fraction of sp³-hybridized carbons (Fsp3) is 0.429. The maximum Gasteiger partial charge on any atom is 0.248 e. The molecule has 1 amide bonds. The number of carbonyl (C=O) groups excluding carboxylic acids is 1. The number of carbonyl (C=O) groups is 1. The van der Waals surface area contributed by atoms with Crippen molar-refractivity contribution in [2.45, 2.75) is 18.6 Å². The van der Waals surface area contributed by atoms with E-state index in [-0.39, 0.29) is 18.1 Å². The normalized spacial score (nSPS) is 26.6. The van der Waals surface area contributed by atoms with Crippen molar-refractivity contribution in [2.24, 2.45) is 4.99 Å². The summed E-state index contributed by atoms with van der Waals surface area (Å²) < 4.78 is 0. The van der Waals surface area contributed by atoms with E-state index in [0.29, 0.717) is 25.3 Å². The van der Waals surface area contributed by atoms with Crippen LogP contribution in [0.4, 0.5) is 0 Å². The zero-order valence-corrected chi connectivity index (χ0v) is 11.3. The zero-order valence-electron chi connectivity index (χ0n) is 10.5. The lowest BCUT2D eigenvalue weighted by Crippen LogP contribution is -2.37. The molecule has 5 heteroatoms. The van der Waals surface area contributed by atoms with E-state index < -0.39 is 0 Å². The lowest BCUT2D eigenvalue weighted by Gasteiger charge is -2.17. The van der Waals surface area contributed by atoms with Gasteiger partial charge >= 0.3 is 0 Å². The van der Waals surface area contributed by atoms with Crippen molar-refractivity contribution in [2.75, 3.05) is 18.8 Å². The highest BCUT2D eigenvalue weighted by molar-refractivity contribution is 8.14. The third-order valence-electron chi connectivity index (χ3n) is 3.43. The van der Waals surface area contributed by atoms with E-state index in [4.69, 9.17) is 0 Å². The number of hydrogen-bond donors (Lipinski definition) is 1. The summed E-state index contributed by atoms with van der Waals surface area (Å²) in [5.74, 6) is 0.755. The number of aliphatic hydroxyl groups is 1. The Morgan fingerprint density at radius 3 is 2.84 bits per heavy atom. The monoisotopic (exact) mass is 276 g/mol. The summed E-state index contributed by atoms with van der Waals surface area (Å²) in [6.07, 6.45) is 0.316. The van der Waals surface area contributed by atoms with Gasteiger partial charge in [0.1, 0.15) is 6.04 Å². The van der Waals surface area contributed by atoms with Crippen molar-refractivity contribution in [1.82, 2.24) is 4.90 Å². The molecule has 2 heterocycles. The predicted molar refractivity (Wildman–Crippen MR) is 76.4 cm³/mol. The van der Waals surface area contributed by atoms with Gasteiger partial charge in [-0.05, 0) is 6.42 Å². The molecular weight excluding hydrogens is 260 g/mol. The molecule has 1 aromatic rings. The van der Waals surface area contributed by atoms with Gasteiger partial charge in [0.15, 0.2) is 0 Å². The van der Waals surface area contributed by atoms with E-state index in [1.165, 1.54) is 0 Å². The van der Waals surface area contributed by atoms with Crippen molar-refractivity contribution in [3.63, 3.8) is 0 Å². The molecule has 0 spiro atoms.